The van der Waals surface area contributed by atoms with Crippen LogP contribution in [0.1, 0.15) is 136 Å². The standard InChI is InChI=1S/C74H112N8O16/c1-14-38-81(54(9)70(94-13)53(8)71(88)77-59(74(91)92)47-55-24-17-16-18-25-55)66(87)48-61(93-12)69(52(7)15-2)80(11)73(90)67(50(3)4)78-72(89)68(51(5)6)79(10)64(85)31-23-30-62(83)76-37-40-96-42-44-98-46-45-97-43-41-95-39-35-63(84)75-36-34-65(86)82-49-58-28-20-19-26-56(58)32-33-57-27-21-22-29-60(57)82/h16-22,24-29,32-33,50-54,59,61,67-70H,14-15,23,30-31,34-49H2,1-13H3,(H,75,84)(H,76,83)(H,77,88)(H,78,89)(H,91,92)/b33-32-/t52-,53+,54-,59-,61+,67-,68-,69-,70+/m0/s1. The zero-order chi connectivity index (χ0) is 72.3. The van der Waals surface area contributed by atoms with Crippen LogP contribution in [0.3, 0.4) is 0 Å². The number of benzene rings is 3. The van der Waals surface area contributed by atoms with Crippen LogP contribution >= 0.6 is 0 Å². The van der Waals surface area contributed by atoms with Crippen LogP contribution in [0.5, 0.6) is 0 Å². The number of carbonyl (C=O) groups is 9. The number of anilines is 1. The number of carboxylic acid groups (broad SMARTS) is 1. The summed E-state index contributed by atoms with van der Waals surface area (Å²) in [6, 6.07) is 20.3. The van der Waals surface area contributed by atoms with Gasteiger partial charge < -0.3 is 74.4 Å². The molecule has 24 nitrogen and oxygen atoms in total. The number of hydrogen-bond donors (Lipinski definition) is 5. The average molecular weight is 1370 g/mol. The van der Waals surface area contributed by atoms with Crippen molar-refractivity contribution in [1.29, 1.82) is 0 Å². The molecule has 24 heteroatoms. The van der Waals surface area contributed by atoms with Crippen LogP contribution in [0.2, 0.25) is 0 Å². The number of nitrogens with zero attached hydrogens (tertiary/aromatic N) is 4. The van der Waals surface area contributed by atoms with E-state index >= 15 is 0 Å². The third kappa shape index (κ3) is 26.9. The average Bonchev–Trinajstić information content (AvgIpc) is 0.819. The molecule has 1 aliphatic rings. The van der Waals surface area contributed by atoms with Crippen LogP contribution in [0.4, 0.5) is 5.69 Å². The van der Waals surface area contributed by atoms with Crippen molar-refractivity contribution >= 4 is 71.1 Å². The Labute approximate surface area is 580 Å². The Morgan fingerprint density at radius 2 is 1.18 bits per heavy atom. The van der Waals surface area contributed by atoms with E-state index < -0.39 is 77.9 Å². The van der Waals surface area contributed by atoms with Crippen molar-refractivity contribution in [3.05, 3.63) is 101 Å². The summed E-state index contributed by atoms with van der Waals surface area (Å²) in [4.78, 5) is 128. The first-order valence-electron chi connectivity index (χ1n) is 34.6. The summed E-state index contributed by atoms with van der Waals surface area (Å²) in [6.45, 7) is 20.1. The Bertz CT molecular complexity index is 3000. The number of nitrogens with one attached hydrogen (secondary N) is 4. The van der Waals surface area contributed by atoms with Gasteiger partial charge in [0.15, 0.2) is 0 Å². The molecule has 0 bridgehead atoms. The highest BCUT2D eigenvalue weighted by Crippen LogP contribution is 2.30. The van der Waals surface area contributed by atoms with Crippen LogP contribution in [0, 0.1) is 23.7 Å². The van der Waals surface area contributed by atoms with E-state index in [4.69, 9.17) is 28.4 Å². The number of carbonyl (C=O) groups excluding carboxylic acids is 8. The fourth-order valence-corrected chi connectivity index (χ4v) is 12.1. The van der Waals surface area contributed by atoms with E-state index in [-0.39, 0.29) is 113 Å². The van der Waals surface area contributed by atoms with Gasteiger partial charge in [-0.1, -0.05) is 147 Å². The van der Waals surface area contributed by atoms with Gasteiger partial charge in [-0.15, -0.1) is 0 Å². The molecular weight excluding hydrogens is 1260 g/mol. The topological polar surface area (TPSA) is 290 Å². The third-order valence-corrected chi connectivity index (χ3v) is 17.8. The third-order valence-electron chi connectivity index (χ3n) is 17.8. The second kappa shape index (κ2) is 44.4. The number of rotatable bonds is 46. The van der Waals surface area contributed by atoms with Gasteiger partial charge in [-0.3, -0.25) is 38.4 Å². The molecule has 1 heterocycles. The van der Waals surface area contributed by atoms with E-state index in [0.717, 1.165) is 27.9 Å². The fraction of sp³-hybridized carbons (Fsp3) is 0.608. The first kappa shape index (κ1) is 82.8. The summed E-state index contributed by atoms with van der Waals surface area (Å²) >= 11 is 0. The monoisotopic (exact) mass is 1370 g/mol. The molecule has 0 unspecified atom stereocenters. The normalized spacial score (nSPS) is 15.1. The second-order valence-electron chi connectivity index (χ2n) is 25.7. The molecule has 0 saturated carbocycles. The zero-order valence-corrected chi connectivity index (χ0v) is 60.2. The van der Waals surface area contributed by atoms with Crippen LogP contribution in [-0.2, 0) is 84.5 Å². The van der Waals surface area contributed by atoms with Crippen molar-refractivity contribution in [2.75, 3.05) is 106 Å². The number of para-hydroxylation sites is 1. The van der Waals surface area contributed by atoms with Crippen LogP contribution in [-0.4, -0.2) is 216 Å². The minimum atomic E-state index is -1.19. The second-order valence-corrected chi connectivity index (χ2v) is 25.7. The molecule has 544 valence electrons. The van der Waals surface area contributed by atoms with Crippen LogP contribution in [0.25, 0.3) is 12.2 Å². The van der Waals surface area contributed by atoms with Crippen molar-refractivity contribution in [3.8, 4) is 0 Å². The molecular formula is C74H112N8O16. The maximum Gasteiger partial charge on any atom is 0.326 e. The van der Waals surface area contributed by atoms with Crippen molar-refractivity contribution in [2.45, 2.75) is 169 Å². The Hall–Kier alpha value is -7.61. The Kier molecular flexibility index (Phi) is 37.5. The first-order valence-corrected chi connectivity index (χ1v) is 34.6. The van der Waals surface area contributed by atoms with Crippen molar-refractivity contribution < 1.29 is 76.7 Å². The number of ether oxygens (including phenoxy) is 6. The van der Waals surface area contributed by atoms with Crippen molar-refractivity contribution in [3.63, 3.8) is 0 Å². The molecule has 3 aromatic carbocycles. The quantitative estimate of drug-likeness (QED) is 0.0358. The number of aliphatic carboxylic acids is 1. The van der Waals surface area contributed by atoms with Gasteiger partial charge >= 0.3 is 5.97 Å². The maximum atomic E-state index is 14.8. The highest BCUT2D eigenvalue weighted by molar-refractivity contribution is 5.97. The molecule has 0 fully saturated rings. The van der Waals surface area contributed by atoms with Gasteiger partial charge in [-0.2, -0.15) is 0 Å². The number of methoxy groups -OCH3 is 2. The number of amides is 8. The largest absolute Gasteiger partial charge is 0.480 e. The zero-order valence-electron chi connectivity index (χ0n) is 60.2. The van der Waals surface area contributed by atoms with Crippen molar-refractivity contribution in [1.82, 2.24) is 36.0 Å². The molecule has 0 saturated heterocycles. The number of likely N-dealkylation sites (N-methyl/N-ethyl adjacent to an activating group) is 2. The lowest BCUT2D eigenvalue weighted by molar-refractivity contribution is -0.149. The van der Waals surface area contributed by atoms with Gasteiger partial charge in [0.2, 0.25) is 47.3 Å². The lowest BCUT2D eigenvalue weighted by Gasteiger charge is -2.41. The molecule has 5 N–H and O–H groups in total. The molecule has 0 aromatic heterocycles. The molecule has 4 rings (SSSR count). The Morgan fingerprint density at radius 1 is 0.602 bits per heavy atom. The van der Waals surface area contributed by atoms with Gasteiger partial charge in [-0.25, -0.2) is 4.79 Å². The summed E-state index contributed by atoms with van der Waals surface area (Å²) in [5.41, 5.74) is 4.63. The van der Waals surface area contributed by atoms with E-state index in [1.165, 1.54) is 19.1 Å². The molecule has 0 radical (unpaired) electrons. The van der Waals surface area contributed by atoms with Crippen LogP contribution in [0.15, 0.2) is 78.9 Å². The van der Waals surface area contributed by atoms with E-state index in [1.807, 2.05) is 109 Å². The summed E-state index contributed by atoms with van der Waals surface area (Å²) in [5, 5.41) is 21.3. The molecule has 98 heavy (non-hydrogen) atoms. The summed E-state index contributed by atoms with van der Waals surface area (Å²) in [5.74, 6) is -5.60. The van der Waals surface area contributed by atoms with Gasteiger partial charge in [0.05, 0.1) is 102 Å². The molecule has 3 aromatic rings. The highest BCUT2D eigenvalue weighted by Gasteiger charge is 2.42. The minimum absolute atomic E-state index is 0.000939. The molecule has 1 aliphatic heterocycles. The van der Waals surface area contributed by atoms with Gasteiger partial charge in [-0.05, 0) is 65.8 Å². The Balaban J connectivity index is 1.12. The van der Waals surface area contributed by atoms with Gasteiger partial charge in [0.1, 0.15) is 18.1 Å². The maximum absolute atomic E-state index is 14.8. The van der Waals surface area contributed by atoms with Gasteiger partial charge in [0.25, 0.3) is 0 Å². The number of hydrogen-bond acceptors (Lipinski definition) is 15. The SMILES string of the molecule is CCCN(C(=O)C[C@@H](OC)[C@H]([C@@H](C)CC)N(C)C(=O)[C@@H](NC(=O)[C@H](C(C)C)N(C)C(=O)CCCC(=O)NCCOCCOCCOCCOCCC(=O)NCCC(=O)N1Cc2ccccc2/C=C\c2ccccc21)C(C)C)[C@@H](C)[C@H](OC)[C@@H](C)C(=O)N[C@@H](Cc1ccccc1)C(=O)O. The van der Waals surface area contributed by atoms with Crippen molar-refractivity contribution in [2.24, 2.45) is 23.7 Å². The lowest BCUT2D eigenvalue weighted by atomic mass is 9.89. The predicted octanol–water partition coefficient (Wildman–Crippen LogP) is 6.95. The Morgan fingerprint density at radius 3 is 1.79 bits per heavy atom. The molecule has 0 aliphatic carbocycles. The molecule has 8 amide bonds. The highest BCUT2D eigenvalue weighted by atomic mass is 16.6. The smallest absolute Gasteiger partial charge is 0.326 e. The molecule has 9 atom stereocenters. The van der Waals surface area contributed by atoms with Crippen LogP contribution < -0.4 is 26.2 Å². The van der Waals surface area contributed by atoms with E-state index in [1.54, 1.807) is 66.9 Å². The van der Waals surface area contributed by atoms with E-state index in [9.17, 15) is 48.3 Å². The summed E-state index contributed by atoms with van der Waals surface area (Å²) in [7, 11) is 6.11. The molecule has 0 spiro atoms. The number of carboxylic acids is 1. The minimum Gasteiger partial charge on any atom is -0.480 e. The lowest BCUT2D eigenvalue weighted by Crippen LogP contribution is -2.60. The summed E-state index contributed by atoms with van der Waals surface area (Å²) < 4.78 is 34.2. The van der Waals surface area contributed by atoms with E-state index in [2.05, 4.69) is 27.3 Å². The fourth-order valence-electron chi connectivity index (χ4n) is 12.1. The first-order chi connectivity index (χ1) is 46.9. The summed E-state index contributed by atoms with van der Waals surface area (Å²) in [6.07, 6.45) is 4.21. The number of fused-ring (bicyclic) bond motifs is 2. The van der Waals surface area contributed by atoms with Gasteiger partial charge in [0, 0.05) is 80.1 Å². The van der Waals surface area contributed by atoms with E-state index in [0.29, 0.717) is 65.6 Å². The predicted molar refractivity (Wildman–Crippen MR) is 376 cm³/mol.